The number of rotatable bonds is 8. The van der Waals surface area contributed by atoms with Crippen molar-refractivity contribution >= 4 is 22.8 Å². The van der Waals surface area contributed by atoms with E-state index in [-0.39, 0.29) is 11.9 Å². The van der Waals surface area contributed by atoms with Crippen molar-refractivity contribution in [3.05, 3.63) is 48.0 Å². The molecule has 1 aromatic heterocycles. The Balaban J connectivity index is 1.54. The second kappa shape index (κ2) is 8.67. The van der Waals surface area contributed by atoms with E-state index in [1.54, 1.807) is 0 Å². The molecular weight excluding hydrogens is 378 g/mol. The van der Waals surface area contributed by atoms with Gasteiger partial charge in [0.25, 0.3) is 5.91 Å². The third-order valence-electron chi connectivity index (χ3n) is 5.16. The molecule has 0 bridgehead atoms. The van der Waals surface area contributed by atoms with Crippen LogP contribution < -0.4 is 15.8 Å². The van der Waals surface area contributed by atoms with E-state index < -0.39 is 0 Å². The van der Waals surface area contributed by atoms with E-state index in [0.29, 0.717) is 30.5 Å². The molecule has 0 radical (unpaired) electrons. The first-order valence-electron chi connectivity index (χ1n) is 10.2. The molecular formula is C23H27N5O2. The van der Waals surface area contributed by atoms with Crippen LogP contribution in [0.5, 0.6) is 5.88 Å². The van der Waals surface area contributed by atoms with E-state index in [1.807, 2.05) is 61.5 Å². The zero-order valence-electron chi connectivity index (χ0n) is 17.4. The first-order chi connectivity index (χ1) is 14.5. The summed E-state index contributed by atoms with van der Waals surface area (Å²) in [6, 6.07) is 13.5. The normalized spacial score (nSPS) is 13.6. The summed E-state index contributed by atoms with van der Waals surface area (Å²) in [5, 5.41) is 3.77. The summed E-state index contributed by atoms with van der Waals surface area (Å²) in [6.45, 7) is 2.08. The molecule has 2 aromatic carbocycles. The number of aromatic nitrogens is 2. The zero-order valence-corrected chi connectivity index (χ0v) is 17.4. The van der Waals surface area contributed by atoms with Crippen LogP contribution in [0.25, 0.3) is 22.0 Å². The molecule has 4 rings (SSSR count). The smallest absolute Gasteiger partial charge is 0.251 e. The Hall–Kier alpha value is -3.19. The standard InChI is InChI=1S/C23H27N5O2/c1-28(2)12-11-25-21(29)17-7-5-16(6-8-17)18-9-10-20-19(13-18)22(27-23(24)26-20)30-14-15-3-4-15/h5-10,13,15H,3-4,11-12,14H2,1-2H3,(H,25,29)(H2,24,26,27). The lowest BCUT2D eigenvalue weighted by molar-refractivity contribution is 0.0951. The predicted octanol–water partition coefficient (Wildman–Crippen LogP) is 2.96. The summed E-state index contributed by atoms with van der Waals surface area (Å²) >= 11 is 0. The highest BCUT2D eigenvalue weighted by atomic mass is 16.5. The van der Waals surface area contributed by atoms with E-state index in [1.165, 1.54) is 12.8 Å². The van der Waals surface area contributed by atoms with Gasteiger partial charge in [-0.1, -0.05) is 18.2 Å². The molecule has 0 saturated heterocycles. The van der Waals surface area contributed by atoms with Crippen molar-refractivity contribution in [1.82, 2.24) is 20.2 Å². The molecule has 30 heavy (non-hydrogen) atoms. The van der Waals surface area contributed by atoms with Gasteiger partial charge in [-0.15, -0.1) is 0 Å². The van der Waals surface area contributed by atoms with Crippen molar-refractivity contribution in [3.63, 3.8) is 0 Å². The summed E-state index contributed by atoms with van der Waals surface area (Å²) < 4.78 is 5.93. The van der Waals surface area contributed by atoms with Crippen LogP contribution in [0.1, 0.15) is 23.2 Å². The molecule has 1 fully saturated rings. The lowest BCUT2D eigenvalue weighted by Gasteiger charge is -2.11. The minimum atomic E-state index is -0.0680. The molecule has 7 heteroatoms. The van der Waals surface area contributed by atoms with Gasteiger partial charge in [0.05, 0.1) is 17.5 Å². The average Bonchev–Trinajstić information content (AvgIpc) is 3.56. The molecule has 1 amide bonds. The van der Waals surface area contributed by atoms with Crippen LogP contribution in [0.15, 0.2) is 42.5 Å². The Morgan fingerprint density at radius 2 is 1.87 bits per heavy atom. The van der Waals surface area contributed by atoms with Gasteiger partial charge in [0, 0.05) is 18.7 Å². The molecule has 7 nitrogen and oxygen atoms in total. The van der Waals surface area contributed by atoms with Crippen molar-refractivity contribution in [2.45, 2.75) is 12.8 Å². The molecule has 3 aromatic rings. The lowest BCUT2D eigenvalue weighted by atomic mass is 10.0. The van der Waals surface area contributed by atoms with Gasteiger partial charge in [-0.2, -0.15) is 4.98 Å². The van der Waals surface area contributed by atoms with Crippen molar-refractivity contribution < 1.29 is 9.53 Å². The molecule has 0 unspecified atom stereocenters. The highest BCUT2D eigenvalue weighted by Gasteiger charge is 2.23. The van der Waals surface area contributed by atoms with Crippen LogP contribution >= 0.6 is 0 Å². The van der Waals surface area contributed by atoms with E-state index >= 15 is 0 Å². The first kappa shape index (κ1) is 20.1. The number of carbonyl (C=O) groups excluding carboxylic acids is 1. The number of nitrogens with zero attached hydrogens (tertiary/aromatic N) is 3. The number of hydrogen-bond acceptors (Lipinski definition) is 6. The minimum Gasteiger partial charge on any atom is -0.477 e. The fraction of sp³-hybridized carbons (Fsp3) is 0.348. The summed E-state index contributed by atoms with van der Waals surface area (Å²) in [5.41, 5.74) is 9.26. The number of ether oxygens (including phenoxy) is 1. The zero-order chi connectivity index (χ0) is 21.1. The molecule has 0 atom stereocenters. The van der Waals surface area contributed by atoms with Crippen molar-refractivity contribution in [2.75, 3.05) is 39.5 Å². The third kappa shape index (κ3) is 4.86. The molecule has 156 valence electrons. The molecule has 1 aliphatic carbocycles. The number of carbonyl (C=O) groups is 1. The van der Waals surface area contributed by atoms with Crippen molar-refractivity contribution in [1.29, 1.82) is 0 Å². The van der Waals surface area contributed by atoms with Crippen LogP contribution in [0.2, 0.25) is 0 Å². The maximum atomic E-state index is 12.3. The second-order valence-electron chi connectivity index (χ2n) is 8.01. The monoisotopic (exact) mass is 405 g/mol. The van der Waals surface area contributed by atoms with Gasteiger partial charge in [0.2, 0.25) is 11.8 Å². The fourth-order valence-electron chi connectivity index (χ4n) is 3.20. The van der Waals surface area contributed by atoms with E-state index in [4.69, 9.17) is 10.5 Å². The SMILES string of the molecule is CN(C)CCNC(=O)c1ccc(-c2ccc3nc(N)nc(OCC4CC4)c3c2)cc1. The van der Waals surface area contributed by atoms with Gasteiger partial charge in [-0.3, -0.25) is 4.79 Å². The van der Waals surface area contributed by atoms with Crippen molar-refractivity contribution in [2.24, 2.45) is 5.92 Å². The number of hydrogen-bond donors (Lipinski definition) is 2. The predicted molar refractivity (Wildman–Crippen MR) is 118 cm³/mol. The summed E-state index contributed by atoms with van der Waals surface area (Å²) in [5.74, 6) is 1.30. The van der Waals surface area contributed by atoms with E-state index in [0.717, 1.165) is 28.6 Å². The Morgan fingerprint density at radius 3 is 2.57 bits per heavy atom. The lowest BCUT2D eigenvalue weighted by Crippen LogP contribution is -2.31. The molecule has 1 heterocycles. The van der Waals surface area contributed by atoms with Crippen LogP contribution in [-0.2, 0) is 0 Å². The third-order valence-corrected chi connectivity index (χ3v) is 5.16. The minimum absolute atomic E-state index is 0.0680. The fourth-order valence-corrected chi connectivity index (χ4v) is 3.20. The number of nitrogens with one attached hydrogen (secondary N) is 1. The summed E-state index contributed by atoms with van der Waals surface area (Å²) in [7, 11) is 3.96. The molecule has 0 aliphatic heterocycles. The molecule has 1 aliphatic rings. The van der Waals surface area contributed by atoms with Crippen LogP contribution in [0.3, 0.4) is 0 Å². The van der Waals surface area contributed by atoms with E-state index in [2.05, 4.69) is 15.3 Å². The van der Waals surface area contributed by atoms with Gasteiger partial charge >= 0.3 is 0 Å². The quantitative estimate of drug-likeness (QED) is 0.598. The Kier molecular flexibility index (Phi) is 5.81. The second-order valence-corrected chi connectivity index (χ2v) is 8.01. The number of nitrogen functional groups attached to an aromatic ring is 1. The number of nitrogens with two attached hydrogens (primary N) is 1. The van der Waals surface area contributed by atoms with Crippen LogP contribution in [0.4, 0.5) is 5.95 Å². The Bertz CT molecular complexity index is 1050. The number of anilines is 1. The highest BCUT2D eigenvalue weighted by Crippen LogP contribution is 2.32. The summed E-state index contributed by atoms with van der Waals surface area (Å²) in [4.78, 5) is 22.9. The Labute approximate surface area is 176 Å². The maximum absolute atomic E-state index is 12.3. The molecule has 3 N–H and O–H groups in total. The number of benzene rings is 2. The van der Waals surface area contributed by atoms with Crippen LogP contribution in [0, 0.1) is 5.92 Å². The first-order valence-corrected chi connectivity index (χ1v) is 10.2. The number of fused-ring (bicyclic) bond motifs is 1. The maximum Gasteiger partial charge on any atom is 0.251 e. The Morgan fingerprint density at radius 1 is 1.13 bits per heavy atom. The van der Waals surface area contributed by atoms with Gasteiger partial charge in [-0.05, 0) is 68.2 Å². The highest BCUT2D eigenvalue weighted by molar-refractivity contribution is 5.95. The van der Waals surface area contributed by atoms with Gasteiger partial charge in [-0.25, -0.2) is 4.98 Å². The van der Waals surface area contributed by atoms with E-state index in [9.17, 15) is 4.79 Å². The summed E-state index contributed by atoms with van der Waals surface area (Å²) in [6.07, 6.45) is 2.41. The molecule has 1 saturated carbocycles. The topological polar surface area (TPSA) is 93.4 Å². The van der Waals surface area contributed by atoms with Crippen molar-refractivity contribution in [3.8, 4) is 17.0 Å². The van der Waals surface area contributed by atoms with Gasteiger partial charge in [0.1, 0.15) is 0 Å². The number of likely N-dealkylation sites (N-methyl/N-ethyl adjacent to an activating group) is 1. The largest absolute Gasteiger partial charge is 0.477 e. The van der Waals surface area contributed by atoms with Crippen LogP contribution in [-0.4, -0.2) is 54.6 Å². The number of amides is 1. The van der Waals surface area contributed by atoms with Gasteiger partial charge in [0.15, 0.2) is 0 Å². The molecule has 0 spiro atoms. The van der Waals surface area contributed by atoms with Gasteiger partial charge < -0.3 is 20.7 Å². The average molecular weight is 406 g/mol.